The first-order chi connectivity index (χ1) is 10.9. The summed E-state index contributed by atoms with van der Waals surface area (Å²) in [5.74, 6) is 0.836. The number of halogens is 1. The van der Waals surface area contributed by atoms with Crippen LogP contribution in [0.25, 0.3) is 11.5 Å². The molecular formula is C15H19ClN4O3S. The lowest BCUT2D eigenvalue weighted by Gasteiger charge is -2.34. The largest absolute Gasteiger partial charge is 0.334 e. The minimum absolute atomic E-state index is 0. The van der Waals surface area contributed by atoms with E-state index in [1.165, 1.54) is 18.2 Å². The SMILES string of the molecule is C=CCNS(=O)(=O)c1ccc(-c2nc(C3(N)CCC3)no2)cc1.Cl. The van der Waals surface area contributed by atoms with Crippen LogP contribution in [0.5, 0.6) is 0 Å². The number of hydrogen-bond acceptors (Lipinski definition) is 6. The summed E-state index contributed by atoms with van der Waals surface area (Å²) in [4.78, 5) is 4.50. The van der Waals surface area contributed by atoms with E-state index >= 15 is 0 Å². The molecule has 1 aliphatic carbocycles. The molecule has 3 N–H and O–H groups in total. The van der Waals surface area contributed by atoms with Gasteiger partial charge < -0.3 is 10.3 Å². The monoisotopic (exact) mass is 370 g/mol. The molecule has 2 aromatic rings. The van der Waals surface area contributed by atoms with Crippen LogP contribution in [-0.2, 0) is 15.6 Å². The Balaban J connectivity index is 0.00000208. The first kappa shape index (κ1) is 18.6. The van der Waals surface area contributed by atoms with Crippen molar-refractivity contribution in [2.45, 2.75) is 29.7 Å². The summed E-state index contributed by atoms with van der Waals surface area (Å²) in [6.07, 6.45) is 4.23. The molecule has 0 aliphatic heterocycles. The summed E-state index contributed by atoms with van der Waals surface area (Å²) in [5, 5.41) is 3.95. The Hall–Kier alpha value is -1.74. The number of benzene rings is 1. The van der Waals surface area contributed by atoms with E-state index in [9.17, 15) is 8.42 Å². The number of rotatable bonds is 6. The zero-order valence-electron chi connectivity index (χ0n) is 12.9. The molecule has 1 aromatic carbocycles. The number of nitrogens with zero attached hydrogens (tertiary/aromatic N) is 2. The third-order valence-electron chi connectivity index (χ3n) is 3.95. The van der Waals surface area contributed by atoms with Crippen LogP contribution in [0.4, 0.5) is 0 Å². The van der Waals surface area contributed by atoms with Crippen LogP contribution in [0.2, 0.25) is 0 Å². The highest BCUT2D eigenvalue weighted by atomic mass is 35.5. The fourth-order valence-corrected chi connectivity index (χ4v) is 3.35. The maximum atomic E-state index is 12.0. The molecule has 0 atom stereocenters. The zero-order chi connectivity index (χ0) is 16.5. The van der Waals surface area contributed by atoms with Crippen molar-refractivity contribution >= 4 is 22.4 Å². The molecule has 0 amide bonds. The normalized spacial score (nSPS) is 16.0. The Morgan fingerprint density at radius 1 is 1.33 bits per heavy atom. The lowest BCUT2D eigenvalue weighted by molar-refractivity contribution is 0.229. The van der Waals surface area contributed by atoms with Crippen molar-refractivity contribution in [2.24, 2.45) is 5.73 Å². The highest BCUT2D eigenvalue weighted by Gasteiger charge is 2.39. The molecule has 0 spiro atoms. The van der Waals surface area contributed by atoms with Crippen LogP contribution >= 0.6 is 12.4 Å². The standard InChI is InChI=1S/C15H18N4O3S.ClH/c1-2-10-17-23(20,21)12-6-4-11(5-7-12)13-18-14(19-22-13)15(16)8-3-9-15;/h2,4-7,17H,1,3,8-10,16H2;1H. The average Bonchev–Trinajstić information content (AvgIpc) is 3.01. The Bertz CT molecular complexity index is 813. The maximum absolute atomic E-state index is 12.0. The van der Waals surface area contributed by atoms with Gasteiger partial charge in [0.25, 0.3) is 5.89 Å². The van der Waals surface area contributed by atoms with Crippen LogP contribution in [-0.4, -0.2) is 25.1 Å². The van der Waals surface area contributed by atoms with Gasteiger partial charge in [0, 0.05) is 12.1 Å². The fourth-order valence-electron chi connectivity index (χ4n) is 2.35. The summed E-state index contributed by atoms with van der Waals surface area (Å²) in [6.45, 7) is 3.66. The van der Waals surface area contributed by atoms with Gasteiger partial charge in [-0.25, -0.2) is 13.1 Å². The minimum Gasteiger partial charge on any atom is -0.334 e. The van der Waals surface area contributed by atoms with Gasteiger partial charge in [-0.3, -0.25) is 0 Å². The van der Waals surface area contributed by atoms with Gasteiger partial charge in [-0.05, 0) is 43.5 Å². The Morgan fingerprint density at radius 2 is 2.00 bits per heavy atom. The van der Waals surface area contributed by atoms with Gasteiger partial charge in [-0.1, -0.05) is 11.2 Å². The molecule has 0 bridgehead atoms. The molecular weight excluding hydrogens is 352 g/mol. The topological polar surface area (TPSA) is 111 Å². The molecule has 130 valence electrons. The molecule has 1 saturated carbocycles. The smallest absolute Gasteiger partial charge is 0.257 e. The summed E-state index contributed by atoms with van der Waals surface area (Å²) in [7, 11) is -3.54. The predicted molar refractivity (Wildman–Crippen MR) is 92.1 cm³/mol. The zero-order valence-corrected chi connectivity index (χ0v) is 14.6. The van der Waals surface area contributed by atoms with Crippen molar-refractivity contribution in [2.75, 3.05) is 6.54 Å². The van der Waals surface area contributed by atoms with Gasteiger partial charge in [0.1, 0.15) is 0 Å². The summed E-state index contributed by atoms with van der Waals surface area (Å²) in [5.41, 5.74) is 6.32. The van der Waals surface area contributed by atoms with Gasteiger partial charge in [0.2, 0.25) is 10.0 Å². The Labute approximate surface area is 146 Å². The van der Waals surface area contributed by atoms with E-state index in [0.717, 1.165) is 19.3 Å². The highest BCUT2D eigenvalue weighted by molar-refractivity contribution is 7.89. The Kier molecular flexibility index (Phi) is 5.44. The summed E-state index contributed by atoms with van der Waals surface area (Å²) in [6, 6.07) is 6.24. The second kappa shape index (κ2) is 7.02. The molecule has 1 aromatic heterocycles. The van der Waals surface area contributed by atoms with Crippen molar-refractivity contribution in [1.82, 2.24) is 14.9 Å². The van der Waals surface area contributed by atoms with Crippen LogP contribution in [0.3, 0.4) is 0 Å². The molecule has 7 nitrogen and oxygen atoms in total. The molecule has 1 aliphatic rings. The van der Waals surface area contributed by atoms with E-state index in [1.807, 2.05) is 0 Å². The Morgan fingerprint density at radius 3 is 2.54 bits per heavy atom. The van der Waals surface area contributed by atoms with E-state index in [-0.39, 0.29) is 23.8 Å². The molecule has 0 unspecified atom stereocenters. The third-order valence-corrected chi connectivity index (χ3v) is 5.39. The van der Waals surface area contributed by atoms with Crippen molar-refractivity contribution in [3.63, 3.8) is 0 Å². The maximum Gasteiger partial charge on any atom is 0.257 e. The highest BCUT2D eigenvalue weighted by Crippen LogP contribution is 2.37. The third kappa shape index (κ3) is 3.51. The van der Waals surface area contributed by atoms with Gasteiger partial charge in [-0.15, -0.1) is 19.0 Å². The van der Waals surface area contributed by atoms with Crippen LogP contribution in [0.15, 0.2) is 46.3 Å². The minimum atomic E-state index is -3.54. The number of aromatic nitrogens is 2. The molecule has 1 heterocycles. The quantitative estimate of drug-likeness (QED) is 0.752. The van der Waals surface area contributed by atoms with Gasteiger partial charge in [0.05, 0.1) is 10.4 Å². The summed E-state index contributed by atoms with van der Waals surface area (Å²) < 4.78 is 31.6. The van der Waals surface area contributed by atoms with E-state index in [0.29, 0.717) is 17.3 Å². The second-order valence-electron chi connectivity index (χ2n) is 5.60. The van der Waals surface area contributed by atoms with E-state index in [4.69, 9.17) is 10.3 Å². The second-order valence-corrected chi connectivity index (χ2v) is 7.36. The van der Waals surface area contributed by atoms with Gasteiger partial charge in [-0.2, -0.15) is 4.98 Å². The van der Waals surface area contributed by atoms with E-state index in [1.54, 1.807) is 12.1 Å². The average molecular weight is 371 g/mol. The van der Waals surface area contributed by atoms with Crippen molar-refractivity contribution in [3.05, 3.63) is 42.7 Å². The van der Waals surface area contributed by atoms with Gasteiger partial charge >= 0.3 is 0 Å². The van der Waals surface area contributed by atoms with E-state index in [2.05, 4.69) is 21.4 Å². The number of sulfonamides is 1. The van der Waals surface area contributed by atoms with E-state index < -0.39 is 15.6 Å². The molecule has 3 rings (SSSR count). The van der Waals surface area contributed by atoms with Gasteiger partial charge in [0.15, 0.2) is 5.82 Å². The van der Waals surface area contributed by atoms with Crippen LogP contribution < -0.4 is 10.5 Å². The first-order valence-electron chi connectivity index (χ1n) is 7.29. The van der Waals surface area contributed by atoms with Crippen molar-refractivity contribution in [1.29, 1.82) is 0 Å². The molecule has 24 heavy (non-hydrogen) atoms. The number of nitrogens with two attached hydrogens (primary N) is 1. The fraction of sp³-hybridized carbons (Fsp3) is 0.333. The summed E-state index contributed by atoms with van der Waals surface area (Å²) >= 11 is 0. The lowest BCUT2D eigenvalue weighted by atomic mass is 9.77. The molecule has 1 fully saturated rings. The van der Waals surface area contributed by atoms with Crippen LogP contribution in [0.1, 0.15) is 25.1 Å². The lowest BCUT2D eigenvalue weighted by Crippen LogP contribution is -2.44. The number of nitrogens with one attached hydrogen (secondary N) is 1. The van der Waals surface area contributed by atoms with Crippen molar-refractivity contribution < 1.29 is 12.9 Å². The predicted octanol–water partition coefficient (Wildman–Crippen LogP) is 1.96. The van der Waals surface area contributed by atoms with Crippen LogP contribution in [0, 0.1) is 0 Å². The molecule has 9 heteroatoms. The van der Waals surface area contributed by atoms with Crippen molar-refractivity contribution in [3.8, 4) is 11.5 Å². The molecule has 0 radical (unpaired) electrons. The first-order valence-corrected chi connectivity index (χ1v) is 8.77. The number of hydrogen-bond donors (Lipinski definition) is 2. The molecule has 0 saturated heterocycles.